The lowest BCUT2D eigenvalue weighted by molar-refractivity contribution is -0.150. The van der Waals surface area contributed by atoms with Crippen molar-refractivity contribution < 1.29 is 19.4 Å². The Kier molecular flexibility index (Phi) is 3.91. The van der Waals surface area contributed by atoms with Gasteiger partial charge in [-0.3, -0.25) is 9.59 Å². The molecule has 2 fully saturated rings. The fourth-order valence-corrected chi connectivity index (χ4v) is 3.54. The fraction of sp³-hybridized carbons (Fsp3) is 0.529. The number of hydrogen-bond acceptors (Lipinski definition) is 3. The number of carboxylic acids is 1. The molecule has 0 aromatic heterocycles. The highest BCUT2D eigenvalue weighted by Gasteiger charge is 2.47. The Morgan fingerprint density at radius 2 is 2.00 bits per heavy atom. The van der Waals surface area contributed by atoms with E-state index < -0.39 is 17.5 Å². The van der Waals surface area contributed by atoms with Crippen molar-refractivity contribution in [2.75, 3.05) is 19.7 Å². The molecule has 0 radical (unpaired) electrons. The summed E-state index contributed by atoms with van der Waals surface area (Å²) >= 11 is 0. The minimum atomic E-state index is -0.846. The van der Waals surface area contributed by atoms with E-state index in [1.54, 1.807) is 4.90 Å². The smallest absolute Gasteiger partial charge is 0.308 e. The zero-order valence-electron chi connectivity index (χ0n) is 12.7. The third kappa shape index (κ3) is 2.61. The molecule has 1 unspecified atom stereocenters. The molecule has 1 amide bonds. The van der Waals surface area contributed by atoms with Gasteiger partial charge in [0.05, 0.1) is 5.92 Å². The van der Waals surface area contributed by atoms with Crippen LogP contribution in [0.3, 0.4) is 0 Å². The third-order valence-electron chi connectivity index (χ3n) is 4.82. The van der Waals surface area contributed by atoms with Gasteiger partial charge in [-0.2, -0.15) is 0 Å². The van der Waals surface area contributed by atoms with Crippen molar-refractivity contribution >= 4 is 11.9 Å². The Balaban J connectivity index is 1.82. The van der Waals surface area contributed by atoms with Gasteiger partial charge in [0.15, 0.2) is 0 Å². The standard InChI is InChI=1S/C17H21NO4/c1-17(8-5-9-22-17)16(21)18-10-13(14(11-18)15(19)20)12-6-3-2-4-7-12/h2-4,6-7,13-14H,5,8-11H2,1H3,(H,19,20)/t13-,14-,17?/m0/s1. The second-order valence-corrected chi connectivity index (χ2v) is 6.35. The molecular weight excluding hydrogens is 282 g/mol. The van der Waals surface area contributed by atoms with Crippen LogP contribution in [0.25, 0.3) is 0 Å². The Labute approximate surface area is 129 Å². The number of amides is 1. The maximum atomic E-state index is 12.7. The lowest BCUT2D eigenvalue weighted by atomic mass is 9.89. The number of rotatable bonds is 3. The number of hydrogen-bond donors (Lipinski definition) is 1. The number of benzene rings is 1. The fourth-order valence-electron chi connectivity index (χ4n) is 3.54. The number of carboxylic acid groups (broad SMARTS) is 1. The lowest BCUT2D eigenvalue weighted by Gasteiger charge is -2.28. The predicted molar refractivity (Wildman–Crippen MR) is 80.5 cm³/mol. The summed E-state index contributed by atoms with van der Waals surface area (Å²) in [7, 11) is 0. The minimum Gasteiger partial charge on any atom is -0.481 e. The summed E-state index contributed by atoms with van der Waals surface area (Å²) in [6.07, 6.45) is 1.58. The van der Waals surface area contributed by atoms with Gasteiger partial charge in [-0.05, 0) is 25.3 Å². The van der Waals surface area contributed by atoms with Gasteiger partial charge < -0.3 is 14.7 Å². The molecule has 1 N–H and O–H groups in total. The zero-order valence-corrected chi connectivity index (χ0v) is 12.7. The summed E-state index contributed by atoms with van der Waals surface area (Å²) < 4.78 is 5.61. The molecule has 0 bridgehead atoms. The molecule has 1 aromatic rings. The highest BCUT2D eigenvalue weighted by Crippen LogP contribution is 2.36. The van der Waals surface area contributed by atoms with Gasteiger partial charge >= 0.3 is 5.97 Å². The summed E-state index contributed by atoms with van der Waals surface area (Å²) in [6.45, 7) is 3.11. The van der Waals surface area contributed by atoms with Crippen LogP contribution in [-0.2, 0) is 14.3 Å². The Morgan fingerprint density at radius 1 is 1.27 bits per heavy atom. The van der Waals surface area contributed by atoms with Crippen molar-refractivity contribution in [1.29, 1.82) is 0 Å². The average molecular weight is 303 g/mol. The quantitative estimate of drug-likeness (QED) is 0.926. The number of aliphatic carboxylic acids is 1. The van der Waals surface area contributed by atoms with Crippen LogP contribution >= 0.6 is 0 Å². The van der Waals surface area contributed by atoms with E-state index in [0.717, 1.165) is 12.0 Å². The molecule has 0 spiro atoms. The third-order valence-corrected chi connectivity index (χ3v) is 4.82. The van der Waals surface area contributed by atoms with Gasteiger partial charge in [-0.25, -0.2) is 0 Å². The molecule has 2 aliphatic heterocycles. The van der Waals surface area contributed by atoms with Gasteiger partial charge in [-0.15, -0.1) is 0 Å². The first-order valence-electron chi connectivity index (χ1n) is 7.72. The summed E-state index contributed by atoms with van der Waals surface area (Å²) in [6, 6.07) is 9.58. The number of carbonyl (C=O) groups is 2. The first-order valence-corrected chi connectivity index (χ1v) is 7.72. The molecule has 118 valence electrons. The van der Waals surface area contributed by atoms with Gasteiger partial charge in [0, 0.05) is 25.6 Å². The van der Waals surface area contributed by atoms with Crippen LogP contribution in [-0.4, -0.2) is 47.2 Å². The van der Waals surface area contributed by atoms with Gasteiger partial charge in [0.25, 0.3) is 5.91 Å². The summed E-state index contributed by atoms with van der Waals surface area (Å²) in [4.78, 5) is 26.0. The number of likely N-dealkylation sites (tertiary alicyclic amines) is 1. The Morgan fingerprint density at radius 3 is 2.59 bits per heavy atom. The number of ether oxygens (including phenoxy) is 1. The molecule has 3 atom stereocenters. The second-order valence-electron chi connectivity index (χ2n) is 6.35. The first kappa shape index (κ1) is 15.0. The van der Waals surface area contributed by atoms with Crippen molar-refractivity contribution in [3.63, 3.8) is 0 Å². The molecule has 0 saturated carbocycles. The summed E-state index contributed by atoms with van der Waals surface area (Å²) in [5.74, 6) is -1.64. The van der Waals surface area contributed by atoms with Crippen LogP contribution in [0.1, 0.15) is 31.2 Å². The highest BCUT2D eigenvalue weighted by molar-refractivity contribution is 5.86. The van der Waals surface area contributed by atoms with Crippen LogP contribution in [0.4, 0.5) is 0 Å². The zero-order chi connectivity index (χ0) is 15.7. The van der Waals surface area contributed by atoms with E-state index in [0.29, 0.717) is 19.6 Å². The average Bonchev–Trinajstić information content (AvgIpc) is 3.15. The molecule has 2 saturated heterocycles. The molecule has 1 aromatic carbocycles. The van der Waals surface area contributed by atoms with E-state index in [4.69, 9.17) is 4.74 Å². The molecule has 22 heavy (non-hydrogen) atoms. The predicted octanol–water partition coefficient (Wildman–Crippen LogP) is 1.88. The molecule has 2 aliphatic rings. The molecule has 5 nitrogen and oxygen atoms in total. The van der Waals surface area contributed by atoms with E-state index in [-0.39, 0.29) is 18.4 Å². The first-order chi connectivity index (χ1) is 10.5. The van der Waals surface area contributed by atoms with Crippen molar-refractivity contribution in [3.8, 4) is 0 Å². The number of carbonyl (C=O) groups excluding carboxylic acids is 1. The minimum absolute atomic E-state index is 0.0744. The van der Waals surface area contributed by atoms with Crippen molar-refractivity contribution in [2.45, 2.75) is 31.3 Å². The monoisotopic (exact) mass is 303 g/mol. The molecule has 5 heteroatoms. The van der Waals surface area contributed by atoms with Gasteiger partial charge in [0.1, 0.15) is 5.60 Å². The van der Waals surface area contributed by atoms with Crippen LogP contribution in [0.15, 0.2) is 30.3 Å². The molecular formula is C17H21NO4. The largest absolute Gasteiger partial charge is 0.481 e. The maximum Gasteiger partial charge on any atom is 0.308 e. The van der Waals surface area contributed by atoms with E-state index in [2.05, 4.69) is 0 Å². The molecule has 2 heterocycles. The SMILES string of the molecule is CC1(C(=O)N2C[C@H](C(=O)O)[C@H](c3ccccc3)C2)CCCO1. The Bertz CT molecular complexity index is 565. The van der Waals surface area contributed by atoms with Crippen LogP contribution < -0.4 is 0 Å². The van der Waals surface area contributed by atoms with E-state index in [9.17, 15) is 14.7 Å². The van der Waals surface area contributed by atoms with Crippen LogP contribution in [0.2, 0.25) is 0 Å². The molecule has 0 aliphatic carbocycles. The maximum absolute atomic E-state index is 12.7. The van der Waals surface area contributed by atoms with Gasteiger partial charge in [0.2, 0.25) is 0 Å². The number of nitrogens with zero attached hydrogens (tertiary/aromatic N) is 1. The van der Waals surface area contributed by atoms with E-state index >= 15 is 0 Å². The van der Waals surface area contributed by atoms with Gasteiger partial charge in [-0.1, -0.05) is 30.3 Å². The lowest BCUT2D eigenvalue weighted by Crippen LogP contribution is -2.46. The second kappa shape index (κ2) is 5.72. The van der Waals surface area contributed by atoms with Crippen LogP contribution in [0, 0.1) is 5.92 Å². The van der Waals surface area contributed by atoms with E-state index in [1.165, 1.54) is 0 Å². The summed E-state index contributed by atoms with van der Waals surface area (Å²) in [5.41, 5.74) is 0.192. The van der Waals surface area contributed by atoms with Crippen molar-refractivity contribution in [3.05, 3.63) is 35.9 Å². The van der Waals surface area contributed by atoms with Crippen LogP contribution in [0.5, 0.6) is 0 Å². The summed E-state index contributed by atoms with van der Waals surface area (Å²) in [5, 5.41) is 9.50. The molecule has 3 rings (SSSR count). The van der Waals surface area contributed by atoms with Crippen molar-refractivity contribution in [1.82, 2.24) is 4.90 Å². The normalized spacial score (nSPS) is 31.4. The Hall–Kier alpha value is -1.88. The van der Waals surface area contributed by atoms with E-state index in [1.807, 2.05) is 37.3 Å². The topological polar surface area (TPSA) is 66.8 Å². The van der Waals surface area contributed by atoms with Crippen molar-refractivity contribution in [2.24, 2.45) is 5.92 Å². The highest BCUT2D eigenvalue weighted by atomic mass is 16.5.